The molecule has 0 radical (unpaired) electrons. The molecular formula is C13H11BrN4O2S. The van der Waals surface area contributed by atoms with Crippen molar-refractivity contribution in [3.8, 4) is 5.88 Å². The number of ether oxygens (including phenoxy) is 1. The van der Waals surface area contributed by atoms with Crippen molar-refractivity contribution in [2.24, 2.45) is 7.05 Å². The average Bonchev–Trinajstić information content (AvgIpc) is 3.02. The number of carbonyl (C=O) groups excluding carboxylic acids is 1. The molecule has 0 fully saturated rings. The van der Waals surface area contributed by atoms with Crippen molar-refractivity contribution in [1.82, 2.24) is 14.8 Å². The molecule has 0 bridgehead atoms. The minimum atomic E-state index is -0.296. The number of anilines is 1. The average molecular weight is 367 g/mol. The summed E-state index contributed by atoms with van der Waals surface area (Å²) in [6.45, 7) is 0. The van der Waals surface area contributed by atoms with Crippen molar-refractivity contribution in [2.75, 3.05) is 12.4 Å². The van der Waals surface area contributed by atoms with Gasteiger partial charge in [0.05, 0.1) is 17.3 Å². The van der Waals surface area contributed by atoms with Gasteiger partial charge in [-0.15, -0.1) is 5.10 Å². The van der Waals surface area contributed by atoms with E-state index in [-0.39, 0.29) is 11.8 Å². The maximum absolute atomic E-state index is 12.3. The molecule has 2 aromatic heterocycles. The molecule has 0 aliphatic heterocycles. The Balaban J connectivity index is 1.91. The van der Waals surface area contributed by atoms with Gasteiger partial charge >= 0.3 is 0 Å². The van der Waals surface area contributed by atoms with E-state index in [9.17, 15) is 4.79 Å². The van der Waals surface area contributed by atoms with E-state index in [2.05, 4.69) is 31.3 Å². The predicted octanol–water partition coefficient (Wildman–Crippen LogP) is 3.05. The Bertz CT molecular complexity index is 827. The van der Waals surface area contributed by atoms with Gasteiger partial charge in [0.1, 0.15) is 5.56 Å². The molecule has 1 amide bonds. The number of aromatic nitrogens is 3. The van der Waals surface area contributed by atoms with Crippen molar-refractivity contribution < 1.29 is 9.53 Å². The van der Waals surface area contributed by atoms with Crippen LogP contribution in [0.5, 0.6) is 5.88 Å². The first-order valence-corrected chi connectivity index (χ1v) is 7.63. The van der Waals surface area contributed by atoms with Crippen molar-refractivity contribution in [1.29, 1.82) is 0 Å². The van der Waals surface area contributed by atoms with E-state index in [1.165, 1.54) is 23.1 Å². The maximum atomic E-state index is 12.3. The largest absolute Gasteiger partial charge is 0.479 e. The van der Waals surface area contributed by atoms with Crippen LogP contribution >= 0.6 is 27.3 Å². The fourth-order valence-corrected chi connectivity index (χ4v) is 3.38. The van der Waals surface area contributed by atoms with E-state index >= 15 is 0 Å². The molecule has 0 aliphatic rings. The first-order valence-electron chi connectivity index (χ1n) is 6.02. The van der Waals surface area contributed by atoms with Crippen LogP contribution in [0.15, 0.2) is 28.9 Å². The minimum absolute atomic E-state index is 0.289. The number of methoxy groups -OCH3 is 1. The number of amides is 1. The van der Waals surface area contributed by atoms with Crippen LogP contribution in [-0.4, -0.2) is 27.8 Å². The van der Waals surface area contributed by atoms with Crippen LogP contribution in [0, 0.1) is 0 Å². The van der Waals surface area contributed by atoms with Gasteiger partial charge in [-0.2, -0.15) is 0 Å². The van der Waals surface area contributed by atoms with Crippen LogP contribution in [0.3, 0.4) is 0 Å². The highest BCUT2D eigenvalue weighted by molar-refractivity contribution is 9.10. The van der Waals surface area contributed by atoms with Gasteiger partial charge in [-0.3, -0.25) is 14.8 Å². The van der Waals surface area contributed by atoms with E-state index in [0.29, 0.717) is 10.7 Å². The maximum Gasteiger partial charge on any atom is 0.264 e. The summed E-state index contributed by atoms with van der Waals surface area (Å²) < 4.78 is 8.51. The highest BCUT2D eigenvalue weighted by atomic mass is 79.9. The van der Waals surface area contributed by atoms with Crippen molar-refractivity contribution in [3.05, 3.63) is 34.4 Å². The summed E-state index contributed by atoms with van der Waals surface area (Å²) in [5.41, 5.74) is 1.20. The van der Waals surface area contributed by atoms with Gasteiger partial charge in [-0.05, 0) is 28.1 Å². The SMILES string of the molecule is COc1nn(C)cc1C(=O)Nc1nc2c(Br)cccc2s1. The first-order chi connectivity index (χ1) is 10.1. The third-order valence-electron chi connectivity index (χ3n) is 2.82. The molecule has 3 aromatic rings. The number of halogens is 1. The molecule has 6 nitrogen and oxygen atoms in total. The monoisotopic (exact) mass is 366 g/mol. The Morgan fingerprint density at radius 3 is 3.00 bits per heavy atom. The molecule has 1 aromatic carbocycles. The fourth-order valence-electron chi connectivity index (χ4n) is 1.91. The third-order valence-corrected chi connectivity index (χ3v) is 4.40. The normalized spacial score (nSPS) is 10.8. The summed E-state index contributed by atoms with van der Waals surface area (Å²) in [5, 5.41) is 7.37. The molecule has 8 heteroatoms. The lowest BCUT2D eigenvalue weighted by molar-refractivity contribution is 0.102. The van der Waals surface area contributed by atoms with Crippen molar-refractivity contribution >= 4 is 48.5 Å². The van der Waals surface area contributed by atoms with Crippen molar-refractivity contribution in [2.45, 2.75) is 0 Å². The molecular weight excluding hydrogens is 356 g/mol. The number of hydrogen-bond acceptors (Lipinski definition) is 5. The number of carbonyl (C=O) groups is 1. The van der Waals surface area contributed by atoms with Gasteiger partial charge in [0.15, 0.2) is 5.13 Å². The van der Waals surface area contributed by atoms with E-state index in [0.717, 1.165) is 14.7 Å². The highest BCUT2D eigenvalue weighted by Gasteiger charge is 2.18. The number of fused-ring (bicyclic) bond motifs is 1. The summed E-state index contributed by atoms with van der Waals surface area (Å²) in [7, 11) is 3.21. The van der Waals surface area contributed by atoms with Crippen LogP contribution in [0.2, 0.25) is 0 Å². The number of aryl methyl sites for hydroxylation is 1. The van der Waals surface area contributed by atoms with Crippen molar-refractivity contribution in [3.63, 3.8) is 0 Å². The van der Waals surface area contributed by atoms with Crippen LogP contribution in [0.1, 0.15) is 10.4 Å². The second kappa shape index (κ2) is 5.45. The quantitative estimate of drug-likeness (QED) is 0.773. The van der Waals surface area contributed by atoms with Crippen LogP contribution in [0.4, 0.5) is 5.13 Å². The van der Waals surface area contributed by atoms with Crippen LogP contribution in [-0.2, 0) is 7.05 Å². The van der Waals surface area contributed by atoms with Gasteiger partial charge in [0.2, 0.25) is 5.88 Å². The molecule has 1 N–H and O–H groups in total. The molecule has 0 unspecified atom stereocenters. The topological polar surface area (TPSA) is 69.0 Å². The van der Waals surface area contributed by atoms with E-state index in [1.54, 1.807) is 13.2 Å². The lowest BCUT2D eigenvalue weighted by Gasteiger charge is -2.00. The van der Waals surface area contributed by atoms with Gasteiger partial charge in [-0.25, -0.2) is 4.98 Å². The number of rotatable bonds is 3. The van der Waals surface area contributed by atoms with E-state index in [4.69, 9.17) is 4.74 Å². The van der Waals surface area contributed by atoms with Gasteiger partial charge in [0, 0.05) is 17.7 Å². The van der Waals surface area contributed by atoms with Crippen LogP contribution in [0.25, 0.3) is 10.2 Å². The Labute approximate surface area is 132 Å². The zero-order valence-corrected chi connectivity index (χ0v) is 13.7. The Kier molecular flexibility index (Phi) is 3.64. The summed E-state index contributed by atoms with van der Waals surface area (Å²) >= 11 is 4.86. The van der Waals surface area contributed by atoms with Gasteiger partial charge < -0.3 is 4.74 Å². The van der Waals surface area contributed by atoms with E-state index < -0.39 is 0 Å². The number of nitrogens with one attached hydrogen (secondary N) is 1. The molecule has 21 heavy (non-hydrogen) atoms. The fraction of sp³-hybridized carbons (Fsp3) is 0.154. The number of benzene rings is 1. The van der Waals surface area contributed by atoms with Gasteiger partial charge in [-0.1, -0.05) is 17.4 Å². The molecule has 0 aliphatic carbocycles. The van der Waals surface area contributed by atoms with Gasteiger partial charge in [0.25, 0.3) is 5.91 Å². The second-order valence-corrected chi connectivity index (χ2v) is 6.17. The zero-order valence-electron chi connectivity index (χ0n) is 11.3. The van der Waals surface area contributed by atoms with E-state index in [1.807, 2.05) is 18.2 Å². The number of para-hydroxylation sites is 1. The molecule has 0 saturated carbocycles. The first kappa shape index (κ1) is 14.0. The lowest BCUT2D eigenvalue weighted by Crippen LogP contribution is -2.12. The summed E-state index contributed by atoms with van der Waals surface area (Å²) in [6.07, 6.45) is 1.61. The molecule has 2 heterocycles. The molecule has 3 rings (SSSR count). The Morgan fingerprint density at radius 1 is 1.48 bits per heavy atom. The smallest absolute Gasteiger partial charge is 0.264 e. The number of hydrogen-bond donors (Lipinski definition) is 1. The highest BCUT2D eigenvalue weighted by Crippen LogP contribution is 2.31. The number of nitrogens with zero attached hydrogens (tertiary/aromatic N) is 3. The third kappa shape index (κ3) is 2.64. The molecule has 0 atom stereocenters. The summed E-state index contributed by atoms with van der Waals surface area (Å²) in [6, 6.07) is 5.80. The molecule has 0 spiro atoms. The summed E-state index contributed by atoms with van der Waals surface area (Å²) in [5.74, 6) is -0.00702. The number of thiazole rings is 1. The Hall–Kier alpha value is -1.93. The minimum Gasteiger partial charge on any atom is -0.479 e. The standard InChI is InChI=1S/C13H11BrN4O2S/c1-18-6-7(12(17-18)20-2)11(19)16-13-15-10-8(14)4-3-5-9(10)21-13/h3-6H,1-2H3,(H,15,16,19). The lowest BCUT2D eigenvalue weighted by atomic mass is 10.3. The Morgan fingerprint density at radius 2 is 2.29 bits per heavy atom. The molecule has 0 saturated heterocycles. The van der Waals surface area contributed by atoms with Crippen LogP contribution < -0.4 is 10.1 Å². The zero-order chi connectivity index (χ0) is 15.0. The second-order valence-electron chi connectivity index (χ2n) is 4.29. The summed E-state index contributed by atoms with van der Waals surface area (Å²) in [4.78, 5) is 16.7. The predicted molar refractivity (Wildman–Crippen MR) is 85.0 cm³/mol. The molecule has 108 valence electrons.